The number of hydrogen-bond donors (Lipinski definition) is 1. The Hall–Kier alpha value is -3.02. The molecule has 0 atom stereocenters. The predicted octanol–water partition coefficient (Wildman–Crippen LogP) is 3.08. The molecule has 0 aliphatic rings. The lowest BCUT2D eigenvalue weighted by Gasteiger charge is -2.07. The van der Waals surface area contributed by atoms with Crippen LogP contribution < -0.4 is 10.1 Å². The number of nitrogens with zero attached hydrogens (tertiary/aromatic N) is 3. The van der Waals surface area contributed by atoms with Crippen LogP contribution in [0.1, 0.15) is 12.6 Å². The zero-order valence-electron chi connectivity index (χ0n) is 12.2. The number of fused-ring (bicyclic) bond motifs is 1. The van der Waals surface area contributed by atoms with Crippen LogP contribution in [0.25, 0.3) is 10.9 Å². The fourth-order valence-electron chi connectivity index (χ4n) is 2.07. The van der Waals surface area contributed by atoms with Crippen molar-refractivity contribution in [2.24, 2.45) is 0 Å². The number of ether oxygens (including phenoxy) is 1. The van der Waals surface area contributed by atoms with Gasteiger partial charge in [-0.3, -0.25) is 9.78 Å². The first kappa shape index (κ1) is 13.9. The molecule has 1 N–H and O–H groups in total. The Bertz CT molecular complexity index is 831. The van der Waals surface area contributed by atoms with Gasteiger partial charge in [-0.05, 0) is 37.3 Å². The molecule has 0 aliphatic heterocycles. The Morgan fingerprint density at radius 1 is 1.14 bits per heavy atom. The van der Waals surface area contributed by atoms with Crippen molar-refractivity contribution in [3.05, 3.63) is 48.4 Å². The fourth-order valence-corrected chi connectivity index (χ4v) is 2.07. The van der Waals surface area contributed by atoms with Gasteiger partial charge in [-0.25, -0.2) is 0 Å². The Morgan fingerprint density at radius 3 is 2.64 bits per heavy atom. The summed E-state index contributed by atoms with van der Waals surface area (Å²) >= 11 is 0. The molecule has 0 saturated heterocycles. The van der Waals surface area contributed by atoms with Crippen LogP contribution >= 0.6 is 0 Å². The first-order valence-corrected chi connectivity index (χ1v) is 6.76. The van der Waals surface area contributed by atoms with Crippen molar-refractivity contribution in [3.8, 4) is 11.8 Å². The summed E-state index contributed by atoms with van der Waals surface area (Å²) in [6.45, 7) is 3.36. The topological polar surface area (TPSA) is 77.0 Å². The van der Waals surface area contributed by atoms with E-state index in [9.17, 15) is 4.79 Å². The van der Waals surface area contributed by atoms with Gasteiger partial charge in [0.25, 0.3) is 0 Å². The highest BCUT2D eigenvalue weighted by molar-refractivity contribution is 5.88. The van der Waals surface area contributed by atoms with Crippen molar-refractivity contribution in [1.82, 2.24) is 15.0 Å². The van der Waals surface area contributed by atoms with E-state index < -0.39 is 0 Å². The number of hydrogen-bond acceptors (Lipinski definition) is 5. The molecule has 0 radical (unpaired) electrons. The SMILES string of the molecule is CC(=O)Nc1ccc(Oc2nc(C)c3ccncc3n2)cc1. The molecule has 22 heavy (non-hydrogen) atoms. The molecule has 0 fully saturated rings. The summed E-state index contributed by atoms with van der Waals surface area (Å²) in [5.74, 6) is 0.478. The zero-order chi connectivity index (χ0) is 15.5. The first-order valence-electron chi connectivity index (χ1n) is 6.76. The van der Waals surface area contributed by atoms with Crippen LogP contribution in [-0.2, 0) is 4.79 Å². The Kier molecular flexibility index (Phi) is 3.65. The summed E-state index contributed by atoms with van der Waals surface area (Å²) in [4.78, 5) is 23.7. The molecule has 2 heterocycles. The quantitative estimate of drug-likeness (QED) is 0.803. The molecular weight excluding hydrogens is 280 g/mol. The lowest BCUT2D eigenvalue weighted by Crippen LogP contribution is -2.05. The minimum absolute atomic E-state index is 0.116. The molecule has 6 nitrogen and oxygen atoms in total. The number of pyridine rings is 1. The summed E-state index contributed by atoms with van der Waals surface area (Å²) < 4.78 is 5.66. The van der Waals surface area contributed by atoms with E-state index in [-0.39, 0.29) is 11.9 Å². The molecule has 0 aliphatic carbocycles. The molecule has 0 unspecified atom stereocenters. The molecule has 0 bridgehead atoms. The van der Waals surface area contributed by atoms with E-state index in [2.05, 4.69) is 20.3 Å². The summed E-state index contributed by atoms with van der Waals surface area (Å²) in [7, 11) is 0. The Morgan fingerprint density at radius 2 is 1.91 bits per heavy atom. The van der Waals surface area contributed by atoms with Gasteiger partial charge in [-0.15, -0.1) is 0 Å². The molecular formula is C16H14N4O2. The van der Waals surface area contributed by atoms with Crippen molar-refractivity contribution < 1.29 is 9.53 Å². The van der Waals surface area contributed by atoms with Crippen molar-refractivity contribution in [2.75, 3.05) is 5.32 Å². The predicted molar refractivity (Wildman–Crippen MR) is 82.9 cm³/mol. The van der Waals surface area contributed by atoms with Crippen molar-refractivity contribution in [3.63, 3.8) is 0 Å². The van der Waals surface area contributed by atoms with E-state index in [4.69, 9.17) is 4.74 Å². The maximum absolute atomic E-state index is 11.0. The van der Waals surface area contributed by atoms with E-state index in [1.165, 1.54) is 6.92 Å². The third-order valence-corrected chi connectivity index (χ3v) is 3.05. The third kappa shape index (κ3) is 3.01. The summed E-state index contributed by atoms with van der Waals surface area (Å²) in [6.07, 6.45) is 3.39. The number of aromatic nitrogens is 3. The molecule has 3 aromatic rings. The molecule has 2 aromatic heterocycles. The monoisotopic (exact) mass is 294 g/mol. The summed E-state index contributed by atoms with van der Waals surface area (Å²) in [5.41, 5.74) is 2.27. The smallest absolute Gasteiger partial charge is 0.322 e. The maximum Gasteiger partial charge on any atom is 0.322 e. The largest absolute Gasteiger partial charge is 0.424 e. The van der Waals surface area contributed by atoms with E-state index in [0.717, 1.165) is 16.6 Å². The highest BCUT2D eigenvalue weighted by Crippen LogP contribution is 2.23. The van der Waals surface area contributed by atoms with Crippen LogP contribution in [0, 0.1) is 6.92 Å². The van der Waals surface area contributed by atoms with Gasteiger partial charge in [0, 0.05) is 24.2 Å². The highest BCUT2D eigenvalue weighted by Gasteiger charge is 2.06. The number of aryl methyl sites for hydroxylation is 1. The van der Waals surface area contributed by atoms with Gasteiger partial charge in [-0.2, -0.15) is 9.97 Å². The Balaban J connectivity index is 1.85. The number of carbonyl (C=O) groups excluding carboxylic acids is 1. The summed E-state index contributed by atoms with van der Waals surface area (Å²) in [5, 5.41) is 3.64. The van der Waals surface area contributed by atoms with Crippen molar-refractivity contribution in [1.29, 1.82) is 0 Å². The van der Waals surface area contributed by atoms with E-state index >= 15 is 0 Å². The van der Waals surface area contributed by atoms with E-state index in [1.807, 2.05) is 13.0 Å². The van der Waals surface area contributed by atoms with Crippen LogP contribution in [0.2, 0.25) is 0 Å². The van der Waals surface area contributed by atoms with Crippen LogP contribution in [0.5, 0.6) is 11.8 Å². The number of rotatable bonds is 3. The van der Waals surface area contributed by atoms with Gasteiger partial charge in [0.15, 0.2) is 0 Å². The number of carbonyl (C=O) groups is 1. The first-order chi connectivity index (χ1) is 10.6. The van der Waals surface area contributed by atoms with Crippen molar-refractivity contribution >= 4 is 22.5 Å². The number of benzene rings is 1. The third-order valence-electron chi connectivity index (χ3n) is 3.05. The van der Waals surface area contributed by atoms with Gasteiger partial charge >= 0.3 is 6.01 Å². The molecule has 0 spiro atoms. The van der Waals surface area contributed by atoms with Crippen LogP contribution in [0.3, 0.4) is 0 Å². The van der Waals surface area contributed by atoms with Crippen LogP contribution in [-0.4, -0.2) is 20.9 Å². The van der Waals surface area contributed by atoms with Gasteiger partial charge in [0.05, 0.1) is 17.4 Å². The Labute approximate surface area is 127 Å². The van der Waals surface area contributed by atoms with Gasteiger partial charge in [0.2, 0.25) is 5.91 Å². The second-order valence-electron chi connectivity index (χ2n) is 4.79. The molecule has 1 amide bonds. The minimum Gasteiger partial charge on any atom is -0.424 e. The number of anilines is 1. The fraction of sp³-hybridized carbons (Fsp3) is 0.125. The standard InChI is InChI=1S/C16H14N4O2/c1-10-14-7-8-17-9-15(14)20-16(18-10)22-13-5-3-12(4-6-13)19-11(2)21/h3-9H,1-2H3,(H,19,21). The number of amides is 1. The zero-order valence-corrected chi connectivity index (χ0v) is 12.2. The molecule has 3 rings (SSSR count). The molecule has 1 aromatic carbocycles. The lowest BCUT2D eigenvalue weighted by molar-refractivity contribution is -0.114. The van der Waals surface area contributed by atoms with Gasteiger partial charge in [-0.1, -0.05) is 0 Å². The van der Waals surface area contributed by atoms with E-state index in [0.29, 0.717) is 11.4 Å². The maximum atomic E-state index is 11.0. The number of nitrogens with one attached hydrogen (secondary N) is 1. The van der Waals surface area contributed by atoms with Crippen molar-refractivity contribution in [2.45, 2.75) is 13.8 Å². The molecule has 6 heteroatoms. The van der Waals surface area contributed by atoms with Gasteiger partial charge in [0.1, 0.15) is 5.75 Å². The van der Waals surface area contributed by atoms with Crippen LogP contribution in [0.15, 0.2) is 42.7 Å². The molecule has 0 saturated carbocycles. The normalized spacial score (nSPS) is 10.5. The minimum atomic E-state index is -0.116. The molecule has 110 valence electrons. The van der Waals surface area contributed by atoms with Crippen LogP contribution in [0.4, 0.5) is 5.69 Å². The average Bonchev–Trinajstić information content (AvgIpc) is 2.49. The summed E-state index contributed by atoms with van der Waals surface area (Å²) in [6, 6.07) is 9.15. The average molecular weight is 294 g/mol. The second-order valence-corrected chi connectivity index (χ2v) is 4.79. The van der Waals surface area contributed by atoms with E-state index in [1.54, 1.807) is 36.7 Å². The lowest BCUT2D eigenvalue weighted by atomic mass is 10.2. The second kappa shape index (κ2) is 5.77. The van der Waals surface area contributed by atoms with Gasteiger partial charge < -0.3 is 10.1 Å². The highest BCUT2D eigenvalue weighted by atomic mass is 16.5.